The second kappa shape index (κ2) is 6.31. The summed E-state index contributed by atoms with van der Waals surface area (Å²) < 4.78 is 5.29. The first-order valence-electron chi connectivity index (χ1n) is 5.83. The van der Waals surface area contributed by atoms with Gasteiger partial charge in [0, 0.05) is 5.56 Å². The molecule has 2 heteroatoms. The fourth-order valence-corrected chi connectivity index (χ4v) is 1.67. The van der Waals surface area contributed by atoms with Crippen LogP contribution in [0.25, 0.3) is 0 Å². The van der Waals surface area contributed by atoms with Gasteiger partial charge in [0.1, 0.15) is 12.0 Å². The molecule has 1 atom stereocenters. The van der Waals surface area contributed by atoms with Crippen LogP contribution in [-0.4, -0.2) is 13.4 Å². The Balaban J connectivity index is 2.78. The summed E-state index contributed by atoms with van der Waals surface area (Å²) in [5, 5.41) is 0. The molecule has 0 heterocycles. The molecule has 1 unspecified atom stereocenters. The number of hydrogen-bond acceptors (Lipinski definition) is 2. The molecule has 0 bridgehead atoms. The van der Waals surface area contributed by atoms with Crippen molar-refractivity contribution in [2.75, 3.05) is 7.11 Å². The third-order valence-corrected chi connectivity index (χ3v) is 3.04. The van der Waals surface area contributed by atoms with Gasteiger partial charge in [0.25, 0.3) is 0 Å². The quantitative estimate of drug-likeness (QED) is 0.686. The van der Waals surface area contributed by atoms with E-state index in [1.165, 1.54) is 6.42 Å². The van der Waals surface area contributed by atoms with Crippen LogP contribution in [0, 0.1) is 5.92 Å². The molecule has 0 aliphatic carbocycles. The molecule has 0 fully saturated rings. The minimum atomic E-state index is 0.713. The van der Waals surface area contributed by atoms with Crippen LogP contribution in [0.2, 0.25) is 0 Å². The number of aldehydes is 1. The molecule has 2 nitrogen and oxygen atoms in total. The molecule has 0 saturated heterocycles. The normalized spacial score (nSPS) is 12.2. The van der Waals surface area contributed by atoms with Gasteiger partial charge in [-0.3, -0.25) is 4.79 Å². The van der Waals surface area contributed by atoms with Gasteiger partial charge in [-0.25, -0.2) is 0 Å². The van der Waals surface area contributed by atoms with E-state index in [0.717, 1.165) is 36.0 Å². The molecule has 88 valence electrons. The summed E-state index contributed by atoms with van der Waals surface area (Å²) in [6.45, 7) is 4.44. The first-order valence-corrected chi connectivity index (χ1v) is 5.83. The molecular weight excluding hydrogens is 200 g/mol. The highest BCUT2D eigenvalue weighted by molar-refractivity contribution is 5.75. The molecule has 1 aromatic carbocycles. The largest absolute Gasteiger partial charge is 0.496 e. The fourth-order valence-electron chi connectivity index (χ4n) is 1.67. The Labute approximate surface area is 97.6 Å². The van der Waals surface area contributed by atoms with Crippen LogP contribution in [0.1, 0.15) is 42.6 Å². The Morgan fingerprint density at radius 3 is 2.75 bits per heavy atom. The minimum Gasteiger partial charge on any atom is -0.496 e. The fraction of sp³-hybridized carbons (Fsp3) is 0.500. The predicted molar refractivity (Wildman–Crippen MR) is 66.2 cm³/mol. The zero-order valence-electron chi connectivity index (χ0n) is 10.3. The van der Waals surface area contributed by atoms with E-state index >= 15 is 0 Å². The highest BCUT2D eigenvalue weighted by Crippen LogP contribution is 2.22. The highest BCUT2D eigenvalue weighted by Gasteiger charge is 2.06. The van der Waals surface area contributed by atoms with Crippen molar-refractivity contribution in [1.29, 1.82) is 0 Å². The van der Waals surface area contributed by atoms with Crippen molar-refractivity contribution in [2.45, 2.75) is 33.1 Å². The Morgan fingerprint density at radius 1 is 1.44 bits per heavy atom. The molecule has 0 amide bonds. The van der Waals surface area contributed by atoms with Gasteiger partial charge in [-0.05, 0) is 42.5 Å². The van der Waals surface area contributed by atoms with Crippen LogP contribution >= 0.6 is 0 Å². The third kappa shape index (κ3) is 3.37. The number of methoxy groups -OCH3 is 1. The topological polar surface area (TPSA) is 26.3 Å². The maximum Gasteiger partial charge on any atom is 0.150 e. The maximum absolute atomic E-state index is 10.7. The van der Waals surface area contributed by atoms with Gasteiger partial charge in [-0.2, -0.15) is 0 Å². The van der Waals surface area contributed by atoms with Gasteiger partial charge in [0.15, 0.2) is 0 Å². The van der Waals surface area contributed by atoms with E-state index in [1.807, 2.05) is 12.1 Å². The molecule has 0 N–H and O–H groups in total. The average molecular weight is 220 g/mol. The lowest BCUT2D eigenvalue weighted by molar-refractivity contribution is 0.112. The monoisotopic (exact) mass is 220 g/mol. The van der Waals surface area contributed by atoms with Gasteiger partial charge in [-0.1, -0.05) is 20.3 Å². The second-order valence-corrected chi connectivity index (χ2v) is 4.24. The number of hydrogen-bond donors (Lipinski definition) is 0. The highest BCUT2D eigenvalue weighted by atomic mass is 16.5. The van der Waals surface area contributed by atoms with Crippen molar-refractivity contribution < 1.29 is 9.53 Å². The molecule has 0 aliphatic rings. The Bertz CT molecular complexity index is 345. The average Bonchev–Trinajstić information content (AvgIpc) is 2.35. The third-order valence-electron chi connectivity index (χ3n) is 3.04. The Kier molecular flexibility index (Phi) is 5.03. The van der Waals surface area contributed by atoms with Crippen LogP contribution in [0.4, 0.5) is 0 Å². The maximum atomic E-state index is 10.7. The van der Waals surface area contributed by atoms with Crippen molar-refractivity contribution in [3.8, 4) is 5.75 Å². The predicted octanol–water partition coefficient (Wildman–Crippen LogP) is 3.49. The van der Waals surface area contributed by atoms with Gasteiger partial charge in [0.05, 0.1) is 7.11 Å². The lowest BCUT2D eigenvalue weighted by Gasteiger charge is -2.11. The zero-order chi connectivity index (χ0) is 12.0. The van der Waals surface area contributed by atoms with Crippen LogP contribution < -0.4 is 4.74 Å². The first kappa shape index (κ1) is 12.8. The summed E-state index contributed by atoms with van der Waals surface area (Å²) in [4.78, 5) is 10.7. The van der Waals surface area contributed by atoms with E-state index in [1.54, 1.807) is 13.2 Å². The van der Waals surface area contributed by atoms with Crippen molar-refractivity contribution >= 4 is 6.29 Å². The van der Waals surface area contributed by atoms with E-state index in [4.69, 9.17) is 4.74 Å². The number of ether oxygens (including phenoxy) is 1. The number of carbonyl (C=O) groups excluding carboxylic acids is 1. The van der Waals surface area contributed by atoms with Crippen molar-refractivity contribution in [3.05, 3.63) is 29.3 Å². The molecule has 0 radical (unpaired) electrons. The molecule has 1 rings (SSSR count). The molecule has 1 aromatic rings. The molecule has 16 heavy (non-hydrogen) atoms. The second-order valence-electron chi connectivity index (χ2n) is 4.24. The minimum absolute atomic E-state index is 0.713. The van der Waals surface area contributed by atoms with E-state index in [-0.39, 0.29) is 0 Å². The van der Waals surface area contributed by atoms with Crippen molar-refractivity contribution in [1.82, 2.24) is 0 Å². The van der Waals surface area contributed by atoms with Crippen LogP contribution in [0.3, 0.4) is 0 Å². The van der Waals surface area contributed by atoms with Crippen molar-refractivity contribution in [3.63, 3.8) is 0 Å². The first-order chi connectivity index (χ1) is 7.71. The molecule has 0 spiro atoms. The summed E-state index contributed by atoms with van der Waals surface area (Å²) in [6, 6.07) is 5.59. The van der Waals surface area contributed by atoms with E-state index in [2.05, 4.69) is 13.8 Å². The standard InChI is InChI=1S/C14H20O2/c1-4-11(2)5-7-13-9-12(10-15)6-8-14(13)16-3/h6,8-11H,4-5,7H2,1-3H3. The van der Waals surface area contributed by atoms with Crippen LogP contribution in [-0.2, 0) is 6.42 Å². The van der Waals surface area contributed by atoms with E-state index in [0.29, 0.717) is 5.92 Å². The van der Waals surface area contributed by atoms with Gasteiger partial charge >= 0.3 is 0 Å². The molecular formula is C14H20O2. The summed E-state index contributed by atoms with van der Waals surface area (Å²) in [6.07, 6.45) is 4.18. The van der Waals surface area contributed by atoms with Crippen LogP contribution in [0.15, 0.2) is 18.2 Å². The molecule has 0 aliphatic heterocycles. The smallest absolute Gasteiger partial charge is 0.150 e. The summed E-state index contributed by atoms with van der Waals surface area (Å²) in [5.74, 6) is 1.60. The number of carbonyl (C=O) groups is 1. The van der Waals surface area contributed by atoms with Gasteiger partial charge in [0.2, 0.25) is 0 Å². The van der Waals surface area contributed by atoms with Gasteiger partial charge < -0.3 is 4.74 Å². The summed E-state index contributed by atoms with van der Waals surface area (Å²) >= 11 is 0. The van der Waals surface area contributed by atoms with Gasteiger partial charge in [-0.15, -0.1) is 0 Å². The molecule has 0 saturated carbocycles. The number of benzene rings is 1. The number of aryl methyl sites for hydroxylation is 1. The Hall–Kier alpha value is -1.31. The van der Waals surface area contributed by atoms with Crippen LogP contribution in [0.5, 0.6) is 5.75 Å². The zero-order valence-corrected chi connectivity index (χ0v) is 10.3. The lowest BCUT2D eigenvalue weighted by atomic mass is 9.97. The SMILES string of the molecule is CCC(C)CCc1cc(C=O)ccc1OC. The molecule has 0 aromatic heterocycles. The Morgan fingerprint density at radius 2 is 2.19 bits per heavy atom. The van der Waals surface area contributed by atoms with Crippen molar-refractivity contribution in [2.24, 2.45) is 5.92 Å². The summed E-state index contributed by atoms with van der Waals surface area (Å²) in [5.41, 5.74) is 1.85. The van der Waals surface area contributed by atoms with E-state index in [9.17, 15) is 4.79 Å². The van der Waals surface area contributed by atoms with E-state index < -0.39 is 0 Å². The number of rotatable bonds is 6. The lowest BCUT2D eigenvalue weighted by Crippen LogP contribution is -1.99. The summed E-state index contributed by atoms with van der Waals surface area (Å²) in [7, 11) is 1.67.